The second kappa shape index (κ2) is 6.80. The Labute approximate surface area is 136 Å². The average molecular weight is 313 g/mol. The van der Waals surface area contributed by atoms with E-state index in [4.69, 9.17) is 5.73 Å². The van der Waals surface area contributed by atoms with Gasteiger partial charge in [0.05, 0.1) is 0 Å². The monoisotopic (exact) mass is 312 g/mol. The maximum Gasteiger partial charge on any atom is 0.0335 e. The highest BCUT2D eigenvalue weighted by Gasteiger charge is 2.43. The molecule has 0 amide bonds. The average Bonchev–Trinajstić information content (AvgIpc) is 2.65. The van der Waals surface area contributed by atoms with Gasteiger partial charge in [0.1, 0.15) is 0 Å². The number of nitrogens with two attached hydrogens (primary N) is 1. The smallest absolute Gasteiger partial charge is 0.0335 e. The molecule has 1 heterocycles. The van der Waals surface area contributed by atoms with Gasteiger partial charge in [0, 0.05) is 35.7 Å². The van der Waals surface area contributed by atoms with E-state index >= 15 is 0 Å². The first-order valence-electron chi connectivity index (χ1n) is 8.88. The summed E-state index contributed by atoms with van der Waals surface area (Å²) >= 11 is 2.13. The van der Waals surface area contributed by atoms with Crippen molar-refractivity contribution in [2.24, 2.45) is 17.1 Å². The Morgan fingerprint density at radius 3 is 2.52 bits per heavy atom. The summed E-state index contributed by atoms with van der Waals surface area (Å²) in [5, 5.41) is 0.740. The fourth-order valence-corrected chi connectivity index (χ4v) is 5.57. The van der Waals surface area contributed by atoms with E-state index in [2.05, 4.69) is 51.3 Å². The molecule has 0 spiro atoms. The van der Waals surface area contributed by atoms with E-state index in [1.165, 1.54) is 44.4 Å². The fraction of sp³-hybridized carbons (Fsp3) is 1.00. The summed E-state index contributed by atoms with van der Waals surface area (Å²) in [5.41, 5.74) is 7.07. The highest BCUT2D eigenvalue weighted by atomic mass is 32.2. The highest BCUT2D eigenvalue weighted by molar-refractivity contribution is 8.00. The number of thioether (sulfide) groups is 1. The third-order valence-electron chi connectivity index (χ3n) is 6.25. The molecular weight excluding hydrogens is 276 g/mol. The van der Waals surface area contributed by atoms with Crippen LogP contribution in [0.2, 0.25) is 0 Å². The normalized spacial score (nSPS) is 40.0. The molecule has 1 saturated carbocycles. The molecule has 1 aliphatic heterocycles. The summed E-state index contributed by atoms with van der Waals surface area (Å²) in [7, 11) is 0. The van der Waals surface area contributed by atoms with Crippen LogP contribution in [-0.2, 0) is 0 Å². The Morgan fingerprint density at radius 2 is 1.90 bits per heavy atom. The van der Waals surface area contributed by atoms with E-state index in [9.17, 15) is 0 Å². The molecule has 0 radical (unpaired) electrons. The lowest BCUT2D eigenvalue weighted by Gasteiger charge is -2.50. The van der Waals surface area contributed by atoms with E-state index in [-0.39, 0.29) is 5.54 Å². The molecule has 0 bridgehead atoms. The zero-order valence-electron chi connectivity index (χ0n) is 14.8. The van der Waals surface area contributed by atoms with Gasteiger partial charge in [-0.2, -0.15) is 11.8 Å². The van der Waals surface area contributed by atoms with Gasteiger partial charge >= 0.3 is 0 Å². The largest absolute Gasteiger partial charge is 0.329 e. The molecule has 0 aromatic carbocycles. The van der Waals surface area contributed by atoms with Gasteiger partial charge in [-0.1, -0.05) is 34.1 Å². The number of hydrogen-bond donors (Lipinski definition) is 1. The molecule has 0 aromatic heterocycles. The second-order valence-corrected chi connectivity index (χ2v) is 9.92. The Morgan fingerprint density at radius 1 is 1.19 bits per heavy atom. The van der Waals surface area contributed by atoms with Crippen molar-refractivity contribution in [1.29, 1.82) is 0 Å². The molecule has 2 nitrogen and oxygen atoms in total. The third kappa shape index (κ3) is 3.79. The molecule has 0 aromatic rings. The van der Waals surface area contributed by atoms with E-state index in [0.29, 0.717) is 11.5 Å². The summed E-state index contributed by atoms with van der Waals surface area (Å²) in [6, 6.07) is 0.665. The van der Waals surface area contributed by atoms with Crippen LogP contribution in [0.25, 0.3) is 0 Å². The van der Waals surface area contributed by atoms with Gasteiger partial charge < -0.3 is 5.73 Å². The van der Waals surface area contributed by atoms with Crippen LogP contribution in [0.4, 0.5) is 0 Å². The SMILES string of the molecule is CC1SCCN(C2(CN)CCCC(C(C)(C)C)CC2)C1C. The van der Waals surface area contributed by atoms with Crippen molar-refractivity contribution in [2.45, 2.75) is 83.6 Å². The molecule has 1 saturated heterocycles. The molecule has 2 fully saturated rings. The van der Waals surface area contributed by atoms with Gasteiger partial charge in [-0.05, 0) is 43.9 Å². The fourth-order valence-electron chi connectivity index (χ4n) is 4.47. The van der Waals surface area contributed by atoms with Crippen molar-refractivity contribution in [3.05, 3.63) is 0 Å². The lowest BCUT2D eigenvalue weighted by Crippen LogP contribution is -2.61. The lowest BCUT2D eigenvalue weighted by molar-refractivity contribution is 0.0418. The van der Waals surface area contributed by atoms with Crippen LogP contribution >= 0.6 is 11.8 Å². The van der Waals surface area contributed by atoms with Crippen LogP contribution in [0.1, 0.15) is 66.7 Å². The van der Waals surface area contributed by atoms with Crippen LogP contribution in [0.3, 0.4) is 0 Å². The maximum absolute atomic E-state index is 6.35. The zero-order valence-corrected chi connectivity index (χ0v) is 15.6. The third-order valence-corrected chi connectivity index (χ3v) is 7.59. The first-order chi connectivity index (χ1) is 9.80. The Bertz CT molecular complexity index is 339. The van der Waals surface area contributed by atoms with Gasteiger partial charge in [-0.25, -0.2) is 0 Å². The molecule has 124 valence electrons. The first-order valence-corrected chi connectivity index (χ1v) is 9.93. The molecule has 21 heavy (non-hydrogen) atoms. The topological polar surface area (TPSA) is 29.3 Å². The Kier molecular flexibility index (Phi) is 5.71. The Balaban J connectivity index is 2.14. The number of rotatable bonds is 2. The molecule has 4 unspecified atom stereocenters. The van der Waals surface area contributed by atoms with Crippen molar-refractivity contribution in [2.75, 3.05) is 18.8 Å². The highest BCUT2D eigenvalue weighted by Crippen LogP contribution is 2.43. The van der Waals surface area contributed by atoms with Gasteiger partial charge in [0.15, 0.2) is 0 Å². The van der Waals surface area contributed by atoms with E-state index < -0.39 is 0 Å². The van der Waals surface area contributed by atoms with Gasteiger partial charge in [-0.15, -0.1) is 0 Å². The van der Waals surface area contributed by atoms with Crippen molar-refractivity contribution >= 4 is 11.8 Å². The number of nitrogens with zero attached hydrogens (tertiary/aromatic N) is 1. The summed E-state index contributed by atoms with van der Waals surface area (Å²) in [6.45, 7) is 14.1. The van der Waals surface area contributed by atoms with Crippen molar-refractivity contribution in [1.82, 2.24) is 4.90 Å². The molecule has 2 aliphatic rings. The minimum absolute atomic E-state index is 0.272. The number of hydrogen-bond acceptors (Lipinski definition) is 3. The van der Waals surface area contributed by atoms with E-state index in [1.807, 2.05) is 0 Å². The summed E-state index contributed by atoms with van der Waals surface area (Å²) < 4.78 is 0. The summed E-state index contributed by atoms with van der Waals surface area (Å²) in [6.07, 6.45) is 6.69. The molecule has 2 rings (SSSR count). The predicted octanol–water partition coefficient (Wildman–Crippen LogP) is 4.14. The predicted molar refractivity (Wildman–Crippen MR) is 95.9 cm³/mol. The summed E-state index contributed by atoms with van der Waals surface area (Å²) in [5.74, 6) is 2.13. The molecular formula is C18H36N2S. The van der Waals surface area contributed by atoms with Crippen molar-refractivity contribution < 1.29 is 0 Å². The van der Waals surface area contributed by atoms with Crippen LogP contribution in [-0.4, -0.2) is 40.6 Å². The molecule has 4 atom stereocenters. The second-order valence-electron chi connectivity index (χ2n) is 8.43. The van der Waals surface area contributed by atoms with Crippen molar-refractivity contribution in [3.63, 3.8) is 0 Å². The van der Waals surface area contributed by atoms with Crippen LogP contribution in [0.15, 0.2) is 0 Å². The minimum Gasteiger partial charge on any atom is -0.329 e. The van der Waals surface area contributed by atoms with E-state index in [0.717, 1.165) is 17.7 Å². The van der Waals surface area contributed by atoms with Crippen LogP contribution < -0.4 is 5.73 Å². The first kappa shape index (κ1) is 17.6. The van der Waals surface area contributed by atoms with Crippen LogP contribution in [0.5, 0.6) is 0 Å². The maximum atomic E-state index is 6.35. The van der Waals surface area contributed by atoms with Crippen molar-refractivity contribution in [3.8, 4) is 0 Å². The molecule has 3 heteroatoms. The van der Waals surface area contributed by atoms with Crippen LogP contribution in [0, 0.1) is 11.3 Å². The van der Waals surface area contributed by atoms with Gasteiger partial charge in [0.25, 0.3) is 0 Å². The lowest BCUT2D eigenvalue weighted by atomic mass is 9.76. The summed E-state index contributed by atoms with van der Waals surface area (Å²) in [4.78, 5) is 2.79. The quantitative estimate of drug-likeness (QED) is 0.777. The molecule has 1 aliphatic carbocycles. The van der Waals surface area contributed by atoms with Gasteiger partial charge in [-0.3, -0.25) is 4.90 Å². The van der Waals surface area contributed by atoms with Gasteiger partial charge in [0.2, 0.25) is 0 Å². The minimum atomic E-state index is 0.272. The zero-order chi connectivity index (χ0) is 15.7. The van der Waals surface area contributed by atoms with E-state index in [1.54, 1.807) is 0 Å². The Hall–Kier alpha value is 0.270. The molecule has 2 N–H and O–H groups in total. The standard InChI is InChI=1S/C18H36N2S/c1-14-15(2)21-12-11-20(14)18(13-19)9-6-7-16(8-10-18)17(3,4)5/h14-16H,6-13,19H2,1-5H3.